The van der Waals surface area contributed by atoms with Crippen molar-refractivity contribution in [3.8, 4) is 0 Å². The van der Waals surface area contributed by atoms with Crippen LogP contribution >= 0.6 is 11.3 Å². The van der Waals surface area contributed by atoms with Gasteiger partial charge in [-0.05, 0) is 80.5 Å². The van der Waals surface area contributed by atoms with Crippen LogP contribution in [0.15, 0.2) is 16.8 Å². The van der Waals surface area contributed by atoms with E-state index in [1.807, 2.05) is 6.92 Å². The van der Waals surface area contributed by atoms with Crippen LogP contribution in [0.4, 0.5) is 4.79 Å². The first kappa shape index (κ1) is 17.3. The van der Waals surface area contributed by atoms with Gasteiger partial charge in [-0.25, -0.2) is 4.79 Å². The van der Waals surface area contributed by atoms with Crippen molar-refractivity contribution in [2.24, 2.45) is 5.92 Å². The quantitative estimate of drug-likeness (QED) is 0.757. The number of thiophene rings is 1. The lowest BCUT2D eigenvalue weighted by atomic mass is 9.99. The van der Waals surface area contributed by atoms with E-state index in [9.17, 15) is 4.79 Å². The Bertz CT molecular complexity index is 427. The maximum atomic E-state index is 11.8. The highest BCUT2D eigenvalue weighted by Gasteiger charge is 2.15. The third-order valence-corrected chi connectivity index (χ3v) is 5.04. The van der Waals surface area contributed by atoms with Gasteiger partial charge >= 0.3 is 6.03 Å². The fourth-order valence-electron chi connectivity index (χ4n) is 2.88. The standard InChI is InChI=1S/C17H29N3OS/c1-14-4-9-20(10-5-14)8-3-7-18-17(21)19-15(2)12-16-6-11-22-13-16/h6,11,13-15H,3-5,7-10,12H2,1-2H3,(H2,18,19,21)/t15-/m1/s1. The summed E-state index contributed by atoms with van der Waals surface area (Å²) in [6, 6.07) is 2.23. The smallest absolute Gasteiger partial charge is 0.315 e. The largest absolute Gasteiger partial charge is 0.338 e. The van der Waals surface area contributed by atoms with E-state index in [2.05, 4.69) is 39.3 Å². The molecule has 0 bridgehead atoms. The molecule has 22 heavy (non-hydrogen) atoms. The van der Waals surface area contributed by atoms with E-state index in [4.69, 9.17) is 0 Å². The Kier molecular flexibility index (Phi) is 7.19. The molecule has 0 spiro atoms. The molecule has 1 aliphatic rings. The topological polar surface area (TPSA) is 44.4 Å². The minimum Gasteiger partial charge on any atom is -0.338 e. The molecular formula is C17H29N3OS. The van der Waals surface area contributed by atoms with Gasteiger partial charge in [0.2, 0.25) is 0 Å². The second-order valence-electron chi connectivity index (χ2n) is 6.51. The molecule has 5 heteroatoms. The molecule has 1 aromatic rings. The number of amides is 2. The Balaban J connectivity index is 1.52. The Morgan fingerprint density at radius 3 is 2.91 bits per heavy atom. The number of rotatable bonds is 7. The van der Waals surface area contributed by atoms with Crippen LogP contribution in [-0.4, -0.2) is 43.2 Å². The van der Waals surface area contributed by atoms with Crippen LogP contribution < -0.4 is 10.6 Å². The minimum atomic E-state index is -0.0463. The van der Waals surface area contributed by atoms with Crippen LogP contribution in [0.1, 0.15) is 38.7 Å². The Morgan fingerprint density at radius 2 is 2.23 bits per heavy atom. The monoisotopic (exact) mass is 323 g/mol. The first-order chi connectivity index (χ1) is 10.6. The number of piperidine rings is 1. The molecule has 2 amide bonds. The maximum Gasteiger partial charge on any atom is 0.315 e. The average molecular weight is 324 g/mol. The van der Waals surface area contributed by atoms with Crippen LogP contribution in [-0.2, 0) is 6.42 Å². The van der Waals surface area contributed by atoms with Crippen molar-refractivity contribution in [3.63, 3.8) is 0 Å². The van der Waals surface area contributed by atoms with Gasteiger partial charge in [0.1, 0.15) is 0 Å². The lowest BCUT2D eigenvalue weighted by molar-refractivity contribution is 0.190. The van der Waals surface area contributed by atoms with Crippen molar-refractivity contribution in [3.05, 3.63) is 22.4 Å². The van der Waals surface area contributed by atoms with Gasteiger partial charge in [0.15, 0.2) is 0 Å². The molecule has 1 atom stereocenters. The highest BCUT2D eigenvalue weighted by molar-refractivity contribution is 7.07. The molecule has 2 heterocycles. The number of likely N-dealkylation sites (tertiary alicyclic amines) is 1. The number of nitrogens with zero attached hydrogens (tertiary/aromatic N) is 1. The second-order valence-corrected chi connectivity index (χ2v) is 7.29. The van der Waals surface area contributed by atoms with Crippen molar-refractivity contribution >= 4 is 17.4 Å². The number of hydrogen-bond acceptors (Lipinski definition) is 3. The van der Waals surface area contributed by atoms with Gasteiger partial charge in [0.25, 0.3) is 0 Å². The fraction of sp³-hybridized carbons (Fsp3) is 0.706. The van der Waals surface area contributed by atoms with E-state index in [1.54, 1.807) is 11.3 Å². The zero-order chi connectivity index (χ0) is 15.8. The summed E-state index contributed by atoms with van der Waals surface area (Å²) in [5.41, 5.74) is 1.29. The Morgan fingerprint density at radius 1 is 1.45 bits per heavy atom. The molecule has 1 aliphatic heterocycles. The number of nitrogens with one attached hydrogen (secondary N) is 2. The van der Waals surface area contributed by atoms with Gasteiger partial charge in [-0.1, -0.05) is 6.92 Å². The van der Waals surface area contributed by atoms with E-state index in [-0.39, 0.29) is 12.1 Å². The van der Waals surface area contributed by atoms with Gasteiger partial charge in [0.05, 0.1) is 0 Å². The van der Waals surface area contributed by atoms with Gasteiger partial charge in [0, 0.05) is 12.6 Å². The molecule has 1 fully saturated rings. The van der Waals surface area contributed by atoms with Crippen LogP contribution in [0.25, 0.3) is 0 Å². The summed E-state index contributed by atoms with van der Waals surface area (Å²) in [6.07, 6.45) is 4.55. The van der Waals surface area contributed by atoms with Crippen LogP contribution in [0.2, 0.25) is 0 Å². The molecule has 2 N–H and O–H groups in total. The molecule has 0 aliphatic carbocycles. The van der Waals surface area contributed by atoms with Gasteiger partial charge in [-0.2, -0.15) is 11.3 Å². The number of hydrogen-bond donors (Lipinski definition) is 2. The van der Waals surface area contributed by atoms with Crippen LogP contribution in [0.3, 0.4) is 0 Å². The number of urea groups is 1. The molecular weight excluding hydrogens is 294 g/mol. The fourth-order valence-corrected chi connectivity index (χ4v) is 3.56. The SMILES string of the molecule is CC1CCN(CCCNC(=O)N[C@H](C)Cc2ccsc2)CC1. The molecule has 0 aromatic carbocycles. The summed E-state index contributed by atoms with van der Waals surface area (Å²) in [7, 11) is 0. The lowest BCUT2D eigenvalue weighted by Gasteiger charge is -2.30. The normalized spacial score (nSPS) is 18.1. The second kappa shape index (κ2) is 9.16. The molecule has 4 nitrogen and oxygen atoms in total. The maximum absolute atomic E-state index is 11.8. The third-order valence-electron chi connectivity index (χ3n) is 4.31. The molecule has 0 saturated carbocycles. The molecule has 0 unspecified atom stereocenters. The molecule has 1 aromatic heterocycles. The number of carbonyl (C=O) groups excluding carboxylic acids is 1. The Hall–Kier alpha value is -1.07. The van der Waals surface area contributed by atoms with Crippen molar-refractivity contribution in [1.82, 2.24) is 15.5 Å². The van der Waals surface area contributed by atoms with Gasteiger partial charge in [-0.15, -0.1) is 0 Å². The van der Waals surface area contributed by atoms with E-state index in [1.165, 1.54) is 31.5 Å². The molecule has 1 saturated heterocycles. The Labute approximate surface area is 138 Å². The summed E-state index contributed by atoms with van der Waals surface area (Å²) < 4.78 is 0. The van der Waals surface area contributed by atoms with E-state index in [0.29, 0.717) is 0 Å². The van der Waals surface area contributed by atoms with Crippen LogP contribution in [0, 0.1) is 5.92 Å². The summed E-state index contributed by atoms with van der Waals surface area (Å²) in [5.74, 6) is 0.880. The minimum absolute atomic E-state index is 0.0463. The highest BCUT2D eigenvalue weighted by Crippen LogP contribution is 2.15. The summed E-state index contributed by atoms with van der Waals surface area (Å²) in [4.78, 5) is 14.4. The molecule has 0 radical (unpaired) electrons. The van der Waals surface area contributed by atoms with Crippen molar-refractivity contribution in [2.45, 2.75) is 45.6 Å². The van der Waals surface area contributed by atoms with Gasteiger partial charge in [-0.3, -0.25) is 0 Å². The summed E-state index contributed by atoms with van der Waals surface area (Å²) in [5, 5.41) is 10.2. The lowest BCUT2D eigenvalue weighted by Crippen LogP contribution is -2.42. The predicted molar refractivity (Wildman–Crippen MR) is 93.5 cm³/mol. The molecule has 2 rings (SSSR count). The number of carbonyl (C=O) groups is 1. The third kappa shape index (κ3) is 6.36. The zero-order valence-electron chi connectivity index (χ0n) is 13.8. The van der Waals surface area contributed by atoms with Crippen molar-refractivity contribution in [2.75, 3.05) is 26.2 Å². The molecule has 124 valence electrons. The van der Waals surface area contributed by atoms with Gasteiger partial charge < -0.3 is 15.5 Å². The van der Waals surface area contributed by atoms with E-state index in [0.717, 1.165) is 31.8 Å². The van der Waals surface area contributed by atoms with Crippen LogP contribution in [0.5, 0.6) is 0 Å². The predicted octanol–water partition coefficient (Wildman–Crippen LogP) is 3.10. The summed E-state index contributed by atoms with van der Waals surface area (Å²) >= 11 is 1.70. The first-order valence-electron chi connectivity index (χ1n) is 8.41. The summed E-state index contributed by atoms with van der Waals surface area (Å²) in [6.45, 7) is 8.66. The highest BCUT2D eigenvalue weighted by atomic mass is 32.1. The van der Waals surface area contributed by atoms with Crippen molar-refractivity contribution < 1.29 is 4.79 Å². The van der Waals surface area contributed by atoms with E-state index < -0.39 is 0 Å². The van der Waals surface area contributed by atoms with E-state index >= 15 is 0 Å². The average Bonchev–Trinajstić information content (AvgIpc) is 2.98. The van der Waals surface area contributed by atoms with Crippen molar-refractivity contribution in [1.29, 1.82) is 0 Å². The zero-order valence-corrected chi connectivity index (χ0v) is 14.6. The first-order valence-corrected chi connectivity index (χ1v) is 9.35.